The van der Waals surface area contributed by atoms with E-state index in [0.717, 1.165) is 0 Å². The molecule has 2 aromatic rings. The van der Waals surface area contributed by atoms with Crippen LogP contribution in [0.2, 0.25) is 0 Å². The van der Waals surface area contributed by atoms with Gasteiger partial charge in [0, 0.05) is 5.56 Å². The van der Waals surface area contributed by atoms with E-state index >= 15 is 0 Å². The fourth-order valence-electron chi connectivity index (χ4n) is 1.54. The maximum atomic E-state index is 11.8. The summed E-state index contributed by atoms with van der Waals surface area (Å²) < 4.78 is 10.2. The van der Waals surface area contributed by atoms with E-state index in [9.17, 15) is 9.59 Å². The first kappa shape index (κ1) is 13.7. The van der Waals surface area contributed by atoms with Gasteiger partial charge in [-0.25, -0.2) is 0 Å². The van der Waals surface area contributed by atoms with E-state index < -0.39 is 5.91 Å². The number of benzene rings is 1. The normalized spacial score (nSPS) is 10.0. The van der Waals surface area contributed by atoms with Crippen molar-refractivity contribution in [1.29, 1.82) is 0 Å². The van der Waals surface area contributed by atoms with Crippen LogP contribution in [0.15, 0.2) is 47.1 Å². The molecule has 0 aliphatic carbocycles. The van der Waals surface area contributed by atoms with Gasteiger partial charge in [-0.3, -0.25) is 9.59 Å². The third-order valence-corrected chi connectivity index (χ3v) is 2.50. The summed E-state index contributed by atoms with van der Waals surface area (Å²) in [6.07, 6.45) is 1.55. The Morgan fingerprint density at radius 3 is 2.55 bits per heavy atom. The molecule has 1 aromatic carbocycles. The van der Waals surface area contributed by atoms with Crippen molar-refractivity contribution in [1.82, 2.24) is 5.32 Å². The second-order valence-corrected chi connectivity index (χ2v) is 4.04. The van der Waals surface area contributed by atoms with Gasteiger partial charge in [-0.1, -0.05) is 0 Å². The minimum absolute atomic E-state index is 0.190. The first-order valence-electron chi connectivity index (χ1n) is 5.97. The van der Waals surface area contributed by atoms with Crippen molar-refractivity contribution < 1.29 is 18.7 Å². The second kappa shape index (κ2) is 6.42. The summed E-state index contributed by atoms with van der Waals surface area (Å²) in [5.41, 5.74) is 5.46. The van der Waals surface area contributed by atoms with Gasteiger partial charge in [-0.15, -0.1) is 0 Å². The smallest absolute Gasteiger partial charge is 0.255 e. The molecule has 0 bridgehead atoms. The van der Waals surface area contributed by atoms with E-state index in [1.54, 1.807) is 42.7 Å². The highest BCUT2D eigenvalue weighted by Crippen LogP contribution is 2.12. The van der Waals surface area contributed by atoms with E-state index in [1.807, 2.05) is 0 Å². The molecular weight excluding hydrogens is 260 g/mol. The first-order chi connectivity index (χ1) is 9.65. The Labute approximate surface area is 115 Å². The molecule has 6 nitrogen and oxygen atoms in total. The lowest BCUT2D eigenvalue weighted by atomic mass is 10.2. The fourth-order valence-corrected chi connectivity index (χ4v) is 1.54. The largest absolute Gasteiger partial charge is 0.484 e. The number of ether oxygens (including phenoxy) is 1. The van der Waals surface area contributed by atoms with Crippen molar-refractivity contribution >= 4 is 11.8 Å². The summed E-state index contributed by atoms with van der Waals surface area (Å²) >= 11 is 0. The second-order valence-electron chi connectivity index (χ2n) is 4.04. The van der Waals surface area contributed by atoms with E-state index in [-0.39, 0.29) is 12.5 Å². The van der Waals surface area contributed by atoms with Gasteiger partial charge in [-0.05, 0) is 36.4 Å². The topological polar surface area (TPSA) is 94.6 Å². The van der Waals surface area contributed by atoms with Crippen LogP contribution in [0.5, 0.6) is 5.75 Å². The molecule has 0 aliphatic rings. The molecule has 0 unspecified atom stereocenters. The molecule has 0 atom stereocenters. The third kappa shape index (κ3) is 3.88. The summed E-state index contributed by atoms with van der Waals surface area (Å²) in [7, 11) is 0. The van der Waals surface area contributed by atoms with Crippen LogP contribution in [-0.4, -0.2) is 18.4 Å². The van der Waals surface area contributed by atoms with Crippen molar-refractivity contribution in [2.75, 3.05) is 6.61 Å². The average molecular weight is 274 g/mol. The first-order valence-corrected chi connectivity index (χ1v) is 5.97. The zero-order chi connectivity index (χ0) is 14.4. The Bertz CT molecular complexity index is 576. The lowest BCUT2D eigenvalue weighted by molar-refractivity contribution is -0.119. The number of carbonyl (C=O) groups is 2. The van der Waals surface area contributed by atoms with Crippen LogP contribution >= 0.6 is 0 Å². The van der Waals surface area contributed by atoms with Gasteiger partial charge < -0.3 is 20.2 Å². The number of rotatable bonds is 6. The maximum Gasteiger partial charge on any atom is 0.255 e. The number of furan rings is 1. The highest BCUT2D eigenvalue weighted by Gasteiger charge is 2.06. The molecule has 20 heavy (non-hydrogen) atoms. The predicted molar refractivity (Wildman–Crippen MR) is 71.0 cm³/mol. The number of amides is 2. The van der Waals surface area contributed by atoms with Gasteiger partial charge in [0.2, 0.25) is 0 Å². The molecular formula is C14H14N2O4. The molecule has 0 saturated carbocycles. The molecule has 1 heterocycles. The highest BCUT2D eigenvalue weighted by molar-refractivity contribution is 5.94. The minimum Gasteiger partial charge on any atom is -0.484 e. The molecule has 6 heteroatoms. The van der Waals surface area contributed by atoms with Crippen molar-refractivity contribution in [3.63, 3.8) is 0 Å². The van der Waals surface area contributed by atoms with Crippen LogP contribution in [0.25, 0.3) is 0 Å². The SMILES string of the molecule is NC(=O)COc1ccc(C(=O)NCc2ccco2)cc1. The van der Waals surface area contributed by atoms with E-state index in [4.69, 9.17) is 14.9 Å². The monoisotopic (exact) mass is 274 g/mol. The van der Waals surface area contributed by atoms with Crippen LogP contribution in [-0.2, 0) is 11.3 Å². The molecule has 3 N–H and O–H groups in total. The van der Waals surface area contributed by atoms with Crippen molar-refractivity contribution in [3.05, 3.63) is 54.0 Å². The summed E-state index contributed by atoms with van der Waals surface area (Å²) in [6, 6.07) is 9.95. The van der Waals surface area contributed by atoms with E-state index in [0.29, 0.717) is 23.6 Å². The number of carbonyl (C=O) groups excluding carboxylic acids is 2. The summed E-state index contributed by atoms with van der Waals surface area (Å²) in [5.74, 6) is 0.388. The number of hydrogen-bond donors (Lipinski definition) is 2. The minimum atomic E-state index is -0.551. The van der Waals surface area contributed by atoms with Crippen molar-refractivity contribution in [2.45, 2.75) is 6.54 Å². The third-order valence-electron chi connectivity index (χ3n) is 2.50. The van der Waals surface area contributed by atoms with E-state index in [2.05, 4.69) is 5.32 Å². The number of nitrogens with one attached hydrogen (secondary N) is 1. The lowest BCUT2D eigenvalue weighted by Crippen LogP contribution is -2.22. The van der Waals surface area contributed by atoms with Gasteiger partial charge in [-0.2, -0.15) is 0 Å². The van der Waals surface area contributed by atoms with Gasteiger partial charge in [0.1, 0.15) is 11.5 Å². The van der Waals surface area contributed by atoms with Gasteiger partial charge in [0.05, 0.1) is 12.8 Å². The lowest BCUT2D eigenvalue weighted by Gasteiger charge is -2.06. The Morgan fingerprint density at radius 1 is 1.20 bits per heavy atom. The van der Waals surface area contributed by atoms with Crippen molar-refractivity contribution in [2.24, 2.45) is 5.73 Å². The van der Waals surface area contributed by atoms with Crippen LogP contribution in [0, 0.1) is 0 Å². The fraction of sp³-hybridized carbons (Fsp3) is 0.143. The Kier molecular flexibility index (Phi) is 4.39. The van der Waals surface area contributed by atoms with Gasteiger partial charge >= 0.3 is 0 Å². The molecule has 104 valence electrons. The van der Waals surface area contributed by atoms with E-state index in [1.165, 1.54) is 0 Å². The molecule has 0 saturated heterocycles. The van der Waals surface area contributed by atoms with Crippen LogP contribution in [0.3, 0.4) is 0 Å². The molecule has 2 rings (SSSR count). The molecule has 1 aromatic heterocycles. The van der Waals surface area contributed by atoms with Gasteiger partial charge in [0.15, 0.2) is 6.61 Å². The molecule has 0 fully saturated rings. The Hall–Kier alpha value is -2.76. The Balaban J connectivity index is 1.88. The van der Waals surface area contributed by atoms with Crippen LogP contribution in [0.1, 0.15) is 16.1 Å². The Morgan fingerprint density at radius 2 is 1.95 bits per heavy atom. The molecule has 0 spiro atoms. The molecule has 2 amide bonds. The maximum absolute atomic E-state index is 11.8. The van der Waals surface area contributed by atoms with Crippen LogP contribution < -0.4 is 15.8 Å². The quantitative estimate of drug-likeness (QED) is 0.823. The van der Waals surface area contributed by atoms with Crippen molar-refractivity contribution in [3.8, 4) is 5.75 Å². The zero-order valence-electron chi connectivity index (χ0n) is 10.7. The zero-order valence-corrected chi connectivity index (χ0v) is 10.7. The predicted octanol–water partition coefficient (Wildman–Crippen LogP) is 1.07. The number of hydrogen-bond acceptors (Lipinski definition) is 4. The summed E-state index contributed by atoms with van der Waals surface area (Å²) in [4.78, 5) is 22.4. The summed E-state index contributed by atoms with van der Waals surface area (Å²) in [5, 5.41) is 2.72. The van der Waals surface area contributed by atoms with Gasteiger partial charge in [0.25, 0.3) is 11.8 Å². The molecule has 0 radical (unpaired) electrons. The number of primary amides is 1. The summed E-state index contributed by atoms with van der Waals surface area (Å²) in [6.45, 7) is 0.135. The highest BCUT2D eigenvalue weighted by atomic mass is 16.5. The number of nitrogens with two attached hydrogens (primary N) is 1. The average Bonchev–Trinajstić information content (AvgIpc) is 2.96. The standard InChI is InChI=1S/C14H14N2O4/c15-13(17)9-20-11-5-3-10(4-6-11)14(18)16-8-12-2-1-7-19-12/h1-7H,8-9H2,(H2,15,17)(H,16,18). The van der Waals surface area contributed by atoms with Crippen LogP contribution in [0.4, 0.5) is 0 Å². The molecule has 0 aliphatic heterocycles.